The van der Waals surface area contributed by atoms with Gasteiger partial charge >= 0.3 is 0 Å². The molecule has 3 nitrogen and oxygen atoms in total. The van der Waals surface area contributed by atoms with Gasteiger partial charge in [0.1, 0.15) is 0 Å². The Bertz CT molecular complexity index is 495. The van der Waals surface area contributed by atoms with Gasteiger partial charge < -0.3 is 16.0 Å². The number of thiocarbonyl (C=S) groups is 1. The van der Waals surface area contributed by atoms with Gasteiger partial charge in [0, 0.05) is 27.3 Å². The van der Waals surface area contributed by atoms with E-state index in [1.54, 1.807) is 0 Å². The van der Waals surface area contributed by atoms with E-state index >= 15 is 0 Å². The average molecular weight is 370 g/mol. The van der Waals surface area contributed by atoms with Crippen molar-refractivity contribution in [1.29, 1.82) is 0 Å². The number of halogens is 1. The maximum atomic E-state index is 5.45. The molecular weight excluding hydrogens is 346 g/mol. The molecule has 0 aliphatic carbocycles. The molecule has 5 heteroatoms. The van der Waals surface area contributed by atoms with Crippen molar-refractivity contribution in [2.75, 3.05) is 5.32 Å². The van der Waals surface area contributed by atoms with Crippen molar-refractivity contribution in [1.82, 2.24) is 10.6 Å². The molecule has 3 N–H and O–H groups in total. The molecule has 0 bridgehead atoms. The molecule has 21 heavy (non-hydrogen) atoms. The number of anilines is 1. The van der Waals surface area contributed by atoms with Crippen LogP contribution in [-0.2, 0) is 0 Å². The van der Waals surface area contributed by atoms with E-state index < -0.39 is 0 Å². The zero-order chi connectivity index (χ0) is 15.7. The van der Waals surface area contributed by atoms with Gasteiger partial charge in [-0.25, -0.2) is 0 Å². The molecular formula is C16H24BrN3S. The third-order valence-corrected chi connectivity index (χ3v) is 4.38. The fraction of sp³-hybridized carbons (Fsp3) is 0.562. The summed E-state index contributed by atoms with van der Waals surface area (Å²) in [5, 5.41) is 11.1. The quantitative estimate of drug-likeness (QED) is 0.687. The average Bonchev–Trinajstić information content (AvgIpc) is 2.27. The zero-order valence-corrected chi connectivity index (χ0v) is 15.5. The zero-order valence-electron chi connectivity index (χ0n) is 13.1. The minimum atomic E-state index is 0.118. The third-order valence-electron chi connectivity index (χ3n) is 3.63. The van der Waals surface area contributed by atoms with Crippen LogP contribution >= 0.6 is 28.1 Å². The Morgan fingerprint density at radius 1 is 1.14 bits per heavy atom. The van der Waals surface area contributed by atoms with Gasteiger partial charge in [-0.15, -0.1) is 0 Å². The molecule has 0 atom stereocenters. The monoisotopic (exact) mass is 369 g/mol. The summed E-state index contributed by atoms with van der Waals surface area (Å²) >= 11 is 8.88. The highest BCUT2D eigenvalue weighted by Gasteiger charge is 2.37. The first-order valence-electron chi connectivity index (χ1n) is 7.28. The number of hydrogen-bond acceptors (Lipinski definition) is 2. The molecule has 0 spiro atoms. The Morgan fingerprint density at radius 2 is 1.67 bits per heavy atom. The van der Waals surface area contributed by atoms with Gasteiger partial charge in [-0.3, -0.25) is 0 Å². The predicted octanol–water partition coefficient (Wildman–Crippen LogP) is 4.04. The van der Waals surface area contributed by atoms with Crippen molar-refractivity contribution in [3.8, 4) is 0 Å². The summed E-state index contributed by atoms with van der Waals surface area (Å²) in [4.78, 5) is 0. The summed E-state index contributed by atoms with van der Waals surface area (Å²) in [5.74, 6) is 0. The highest BCUT2D eigenvalue weighted by molar-refractivity contribution is 9.10. The van der Waals surface area contributed by atoms with Crippen molar-refractivity contribution in [3.05, 3.63) is 28.7 Å². The first kappa shape index (κ1) is 16.7. The maximum absolute atomic E-state index is 5.45. The van der Waals surface area contributed by atoms with Gasteiger partial charge in [-0.05, 0) is 77.0 Å². The van der Waals surface area contributed by atoms with Crippen molar-refractivity contribution >= 4 is 38.9 Å². The van der Waals surface area contributed by atoms with E-state index in [1.165, 1.54) is 0 Å². The highest BCUT2D eigenvalue weighted by atomic mass is 79.9. The Kier molecular flexibility index (Phi) is 4.96. The molecule has 1 aromatic carbocycles. The van der Waals surface area contributed by atoms with Crippen LogP contribution in [0.15, 0.2) is 28.7 Å². The predicted molar refractivity (Wildman–Crippen MR) is 97.8 cm³/mol. The second-order valence-electron chi connectivity index (χ2n) is 7.10. The lowest BCUT2D eigenvalue weighted by molar-refractivity contribution is 0.156. The Morgan fingerprint density at radius 3 is 2.19 bits per heavy atom. The fourth-order valence-electron chi connectivity index (χ4n) is 3.31. The van der Waals surface area contributed by atoms with E-state index in [0.29, 0.717) is 11.2 Å². The lowest BCUT2D eigenvalue weighted by atomic mass is 9.80. The smallest absolute Gasteiger partial charge is 0.170 e. The molecule has 0 unspecified atom stereocenters. The Balaban J connectivity index is 1.94. The molecule has 1 fully saturated rings. The lowest BCUT2D eigenvalue weighted by Gasteiger charge is -2.46. The SMILES string of the molecule is CC1(C)CC(NC(=S)Nc2ccc(Br)cc2)CC(C)(C)N1. The third kappa shape index (κ3) is 5.24. The van der Waals surface area contributed by atoms with Crippen molar-refractivity contribution in [2.45, 2.75) is 57.7 Å². The van der Waals surface area contributed by atoms with Crippen LogP contribution < -0.4 is 16.0 Å². The number of nitrogens with one attached hydrogen (secondary N) is 3. The number of piperidine rings is 1. The van der Waals surface area contributed by atoms with E-state index in [-0.39, 0.29) is 11.1 Å². The molecule has 1 aliphatic heterocycles. The molecule has 0 aromatic heterocycles. The molecule has 0 amide bonds. The van der Waals surface area contributed by atoms with Crippen LogP contribution in [0.5, 0.6) is 0 Å². The van der Waals surface area contributed by atoms with Crippen LogP contribution in [-0.4, -0.2) is 22.2 Å². The molecule has 1 aliphatic rings. The standard InChI is InChI=1S/C16H24BrN3S/c1-15(2)9-13(10-16(3,4)20-15)19-14(21)18-12-7-5-11(17)6-8-12/h5-8,13,20H,9-10H2,1-4H3,(H2,18,19,21). The summed E-state index contributed by atoms with van der Waals surface area (Å²) in [6, 6.07) is 8.40. The summed E-state index contributed by atoms with van der Waals surface area (Å²) < 4.78 is 1.06. The van der Waals surface area contributed by atoms with Gasteiger partial charge in [-0.1, -0.05) is 15.9 Å². The van der Waals surface area contributed by atoms with Gasteiger partial charge in [0.05, 0.1) is 0 Å². The first-order chi connectivity index (χ1) is 9.65. The summed E-state index contributed by atoms with van der Waals surface area (Å²) in [7, 11) is 0. The van der Waals surface area contributed by atoms with Crippen molar-refractivity contribution in [3.63, 3.8) is 0 Å². The van der Waals surface area contributed by atoms with Gasteiger partial charge in [0.2, 0.25) is 0 Å². The summed E-state index contributed by atoms with van der Waals surface area (Å²) in [6.07, 6.45) is 2.11. The summed E-state index contributed by atoms with van der Waals surface area (Å²) in [6.45, 7) is 8.98. The molecule has 0 saturated carbocycles. The largest absolute Gasteiger partial charge is 0.360 e. The van der Waals surface area contributed by atoms with E-state index in [0.717, 1.165) is 23.0 Å². The number of hydrogen-bond donors (Lipinski definition) is 3. The normalized spacial score (nSPS) is 20.8. The Labute approximate surface area is 141 Å². The second-order valence-corrected chi connectivity index (χ2v) is 8.43. The second kappa shape index (κ2) is 6.23. The van der Waals surface area contributed by atoms with E-state index in [2.05, 4.69) is 59.6 Å². The van der Waals surface area contributed by atoms with Gasteiger partial charge in [0.25, 0.3) is 0 Å². The van der Waals surface area contributed by atoms with Crippen molar-refractivity contribution < 1.29 is 0 Å². The number of benzene rings is 1. The van der Waals surface area contributed by atoms with E-state index in [4.69, 9.17) is 12.2 Å². The first-order valence-corrected chi connectivity index (χ1v) is 8.48. The van der Waals surface area contributed by atoms with Crippen LogP contribution in [0.2, 0.25) is 0 Å². The topological polar surface area (TPSA) is 36.1 Å². The Hall–Kier alpha value is -0.650. The molecule has 1 heterocycles. The van der Waals surface area contributed by atoms with Gasteiger partial charge in [-0.2, -0.15) is 0 Å². The van der Waals surface area contributed by atoms with E-state index in [1.807, 2.05) is 24.3 Å². The maximum Gasteiger partial charge on any atom is 0.170 e. The highest BCUT2D eigenvalue weighted by Crippen LogP contribution is 2.28. The van der Waals surface area contributed by atoms with Gasteiger partial charge in [0.15, 0.2) is 5.11 Å². The van der Waals surface area contributed by atoms with Crippen LogP contribution in [0.3, 0.4) is 0 Å². The minimum absolute atomic E-state index is 0.118. The molecule has 1 aromatic rings. The van der Waals surface area contributed by atoms with E-state index in [9.17, 15) is 0 Å². The minimum Gasteiger partial charge on any atom is -0.360 e. The fourth-order valence-corrected chi connectivity index (χ4v) is 3.86. The van der Waals surface area contributed by atoms with Crippen LogP contribution in [0.1, 0.15) is 40.5 Å². The number of rotatable bonds is 2. The lowest BCUT2D eigenvalue weighted by Crippen LogP contribution is -2.62. The molecule has 0 radical (unpaired) electrons. The summed E-state index contributed by atoms with van der Waals surface area (Å²) in [5.41, 5.74) is 1.24. The van der Waals surface area contributed by atoms with Crippen LogP contribution in [0.25, 0.3) is 0 Å². The van der Waals surface area contributed by atoms with Crippen LogP contribution in [0, 0.1) is 0 Å². The van der Waals surface area contributed by atoms with Crippen LogP contribution in [0.4, 0.5) is 5.69 Å². The molecule has 116 valence electrons. The molecule has 1 saturated heterocycles. The molecule has 2 rings (SSSR count). The van der Waals surface area contributed by atoms with Crippen molar-refractivity contribution in [2.24, 2.45) is 0 Å².